The number of hydrogen-bond donors (Lipinski definition) is 4. The van der Waals surface area contributed by atoms with Crippen LogP contribution < -0.4 is 15.4 Å². The molecule has 0 unspecified atom stereocenters. The molecule has 3 aromatic rings. The van der Waals surface area contributed by atoms with Crippen molar-refractivity contribution in [1.82, 2.24) is 4.90 Å². The summed E-state index contributed by atoms with van der Waals surface area (Å²) in [5, 5.41) is 24.9. The highest BCUT2D eigenvalue weighted by Crippen LogP contribution is 2.50. The summed E-state index contributed by atoms with van der Waals surface area (Å²) in [4.78, 5) is 39.7. The van der Waals surface area contributed by atoms with Gasteiger partial charge in [0.2, 0.25) is 5.91 Å². The van der Waals surface area contributed by atoms with E-state index in [0.717, 1.165) is 65.8 Å². The van der Waals surface area contributed by atoms with Crippen molar-refractivity contribution < 1.29 is 42.0 Å². The molecule has 52 heavy (non-hydrogen) atoms. The van der Waals surface area contributed by atoms with Crippen LogP contribution in [0.25, 0.3) is 10.8 Å². The highest BCUT2D eigenvalue weighted by molar-refractivity contribution is 7.93. The highest BCUT2D eigenvalue weighted by Gasteiger charge is 2.60. The molecule has 7 rings (SSSR count). The van der Waals surface area contributed by atoms with E-state index in [0.29, 0.717) is 34.2 Å². The Morgan fingerprint density at radius 1 is 1.02 bits per heavy atom. The molecule has 2 fully saturated rings. The first-order chi connectivity index (χ1) is 24.6. The number of anilines is 2. The zero-order valence-electron chi connectivity index (χ0n) is 30.1. The lowest BCUT2D eigenvalue weighted by atomic mass is 9.78. The molecule has 276 valence electrons. The van der Waals surface area contributed by atoms with Crippen LogP contribution in [0.15, 0.2) is 70.8 Å². The van der Waals surface area contributed by atoms with Gasteiger partial charge in [-0.3, -0.25) is 13.9 Å². The topological polar surface area (TPSA) is 170 Å². The molecule has 4 aliphatic heterocycles. The van der Waals surface area contributed by atoms with Gasteiger partial charge in [0.1, 0.15) is 31.9 Å². The predicted octanol–water partition coefficient (Wildman–Crippen LogP) is 2.09. The average Bonchev–Trinajstić information content (AvgIpc) is 3.47. The number of piperazine rings is 1. The van der Waals surface area contributed by atoms with Crippen molar-refractivity contribution in [2.75, 3.05) is 69.5 Å². The van der Waals surface area contributed by atoms with Crippen molar-refractivity contribution in [2.45, 2.75) is 43.9 Å². The summed E-state index contributed by atoms with van der Waals surface area (Å²) in [7, 11) is 0.349. The summed E-state index contributed by atoms with van der Waals surface area (Å²) >= 11 is 0. The van der Waals surface area contributed by atoms with E-state index in [1.54, 1.807) is 19.1 Å². The summed E-state index contributed by atoms with van der Waals surface area (Å²) in [5.74, 6) is -2.95. The zero-order valence-corrected chi connectivity index (χ0v) is 30.9. The molecule has 0 bridgehead atoms. The van der Waals surface area contributed by atoms with Crippen LogP contribution in [0.5, 0.6) is 0 Å². The van der Waals surface area contributed by atoms with E-state index in [4.69, 9.17) is 5.73 Å². The highest BCUT2D eigenvalue weighted by atomic mass is 32.2. The van der Waals surface area contributed by atoms with E-state index in [9.17, 15) is 33.0 Å². The minimum Gasteiger partial charge on any atom is -0.477 e. The summed E-state index contributed by atoms with van der Waals surface area (Å²) in [6.45, 7) is 8.28. The van der Waals surface area contributed by atoms with Gasteiger partial charge in [0.15, 0.2) is 6.54 Å². The number of amides is 2. The molecule has 0 spiro atoms. The summed E-state index contributed by atoms with van der Waals surface area (Å²) < 4.78 is 30.9. The number of nitrogens with two attached hydrogens (primary N) is 1. The Bertz CT molecular complexity index is 2110. The number of nitrogens with one attached hydrogen (secondary N) is 1. The number of carboxylic acids is 1. The van der Waals surface area contributed by atoms with Crippen LogP contribution in [0.3, 0.4) is 0 Å². The lowest BCUT2D eigenvalue weighted by Gasteiger charge is -2.46. The zero-order chi connectivity index (χ0) is 37.3. The third-order valence-electron chi connectivity index (χ3n) is 12.0. The number of hydrogen-bond acceptors (Lipinski definition) is 7. The summed E-state index contributed by atoms with van der Waals surface area (Å²) in [5.41, 5.74) is 9.15. The molecule has 0 saturated carbocycles. The molecule has 5 N–H and O–H groups in total. The van der Waals surface area contributed by atoms with Gasteiger partial charge < -0.3 is 35.1 Å². The van der Waals surface area contributed by atoms with Crippen molar-refractivity contribution in [3.05, 3.63) is 77.0 Å². The van der Waals surface area contributed by atoms with E-state index in [2.05, 4.69) is 19.4 Å². The van der Waals surface area contributed by atoms with E-state index < -0.39 is 45.9 Å². The number of rotatable bonds is 11. The number of nitrogens with zero attached hydrogens (tertiary/aromatic N) is 4. The SMILES string of the molecule is C[C@@H](O)[C@H]1C(=O)N2C(C(=O)O)=C(CN3c4cccc5c(CC[N+]6(C)CC[N+](C)(CC(=O)Nc7ccc(CN)cc7)CC6)ccc(c45)S3(=O)=O)[C@H](C)[C@H]12. The first-order valence-electron chi connectivity index (χ1n) is 17.9. The first-order valence-corrected chi connectivity index (χ1v) is 19.3. The molecule has 2 saturated heterocycles. The monoisotopic (exact) mass is 732 g/mol. The lowest BCUT2D eigenvalue weighted by Crippen LogP contribution is -2.65. The normalized spacial score (nSPS) is 28.2. The second-order valence-corrected chi connectivity index (χ2v) is 17.4. The third-order valence-corrected chi connectivity index (χ3v) is 13.8. The molecule has 0 aliphatic carbocycles. The van der Waals surface area contributed by atoms with E-state index >= 15 is 0 Å². The van der Waals surface area contributed by atoms with Crippen molar-refractivity contribution >= 4 is 50.0 Å². The Morgan fingerprint density at radius 2 is 1.69 bits per heavy atom. The number of aliphatic carboxylic acids is 1. The van der Waals surface area contributed by atoms with Crippen molar-refractivity contribution in [3.63, 3.8) is 0 Å². The van der Waals surface area contributed by atoms with Gasteiger partial charge in [0.25, 0.3) is 15.9 Å². The quantitative estimate of drug-likeness (QED) is 0.172. The number of quaternary nitrogens is 2. The van der Waals surface area contributed by atoms with E-state index in [-0.39, 0.29) is 23.0 Å². The van der Waals surface area contributed by atoms with E-state index in [1.165, 1.54) is 16.1 Å². The Balaban J connectivity index is 1.06. The van der Waals surface area contributed by atoms with Gasteiger partial charge in [-0.25, -0.2) is 13.2 Å². The molecule has 13 nitrogen and oxygen atoms in total. The number of likely N-dealkylation sites (N-methyl/N-ethyl adjacent to an activating group) is 2. The van der Waals surface area contributed by atoms with Crippen LogP contribution in [0.1, 0.15) is 25.0 Å². The molecule has 0 radical (unpaired) electrons. The number of carbonyl (C=O) groups excluding carboxylic acids is 2. The molecule has 0 aromatic heterocycles. The maximum Gasteiger partial charge on any atom is 0.352 e. The molecule has 3 aromatic carbocycles. The van der Waals surface area contributed by atoms with Crippen molar-refractivity contribution in [2.24, 2.45) is 17.6 Å². The number of benzene rings is 3. The standard InChI is InChI=1S/C38H46N6O7S/c1-23-29(36(38(48)49)42-35(23)33(24(2)45)37(42)47)21-41-30-7-5-6-28-26(10-13-31(34(28)30)52(41,50)51)14-15-43(3)16-18-44(4,19-17-43)22-32(46)40-27-11-8-25(20-39)9-12-27/h5-13,23-24,33,35,45H,14-22,39H2,1-4H3/p+2/t23-,24+,33+,35+,43?,44?/m0/s1. The number of β-lactam (4-membered cyclic amide) rings is 1. The maximum absolute atomic E-state index is 14.1. The fraction of sp³-hybridized carbons (Fsp3) is 0.447. The largest absolute Gasteiger partial charge is 0.477 e. The Hall–Kier alpha value is -4.34. The van der Waals surface area contributed by atoms with Gasteiger partial charge in [-0.2, -0.15) is 0 Å². The predicted molar refractivity (Wildman–Crippen MR) is 196 cm³/mol. The Labute approximate surface area is 304 Å². The number of aliphatic hydroxyl groups excluding tert-OH is 1. The van der Waals surface area contributed by atoms with Crippen molar-refractivity contribution in [3.8, 4) is 0 Å². The second kappa shape index (κ2) is 13.0. The van der Waals surface area contributed by atoms with Gasteiger partial charge in [0, 0.05) is 30.0 Å². The fourth-order valence-electron chi connectivity index (χ4n) is 8.72. The maximum atomic E-state index is 14.1. The molecular formula is C38H48N6O7S+2. The molecule has 4 atom stereocenters. The summed E-state index contributed by atoms with van der Waals surface area (Å²) in [6.07, 6.45) is -0.224. The Morgan fingerprint density at radius 3 is 2.33 bits per heavy atom. The molecule has 14 heteroatoms. The van der Waals surface area contributed by atoms with Crippen LogP contribution in [0, 0.1) is 11.8 Å². The Kier molecular flexibility index (Phi) is 8.98. The van der Waals surface area contributed by atoms with Gasteiger partial charge in [-0.05, 0) is 53.3 Å². The van der Waals surface area contributed by atoms with E-state index in [1.807, 2.05) is 42.5 Å². The third kappa shape index (κ3) is 5.96. The van der Waals surface area contributed by atoms with Gasteiger partial charge in [0.05, 0.1) is 55.8 Å². The van der Waals surface area contributed by atoms with Crippen LogP contribution in [-0.2, 0) is 37.4 Å². The van der Waals surface area contributed by atoms with Crippen LogP contribution in [-0.4, -0.2) is 122 Å². The smallest absolute Gasteiger partial charge is 0.352 e. The molecule has 2 amide bonds. The van der Waals surface area contributed by atoms with Gasteiger partial charge >= 0.3 is 5.97 Å². The number of fused-ring (bicyclic) bond motifs is 1. The molecule has 4 aliphatic rings. The summed E-state index contributed by atoms with van der Waals surface area (Å²) in [6, 6.07) is 16.1. The second-order valence-electron chi connectivity index (χ2n) is 15.6. The first kappa shape index (κ1) is 36.0. The van der Waals surface area contributed by atoms with Crippen molar-refractivity contribution in [1.29, 1.82) is 0 Å². The average molecular weight is 733 g/mol. The van der Waals surface area contributed by atoms with Gasteiger partial charge in [-0.1, -0.05) is 37.3 Å². The minimum atomic E-state index is -4.02. The fourth-order valence-corrected chi connectivity index (χ4v) is 10.4. The number of sulfonamides is 1. The minimum absolute atomic E-state index is 0.0175. The molecular weight excluding hydrogens is 685 g/mol. The van der Waals surface area contributed by atoms with Crippen LogP contribution in [0.4, 0.5) is 11.4 Å². The number of aliphatic hydroxyl groups is 1. The van der Waals surface area contributed by atoms with Crippen LogP contribution >= 0.6 is 0 Å². The van der Waals surface area contributed by atoms with Gasteiger partial charge in [-0.15, -0.1) is 0 Å². The number of carboxylic acid groups (broad SMARTS) is 1. The van der Waals surface area contributed by atoms with Crippen LogP contribution in [0.2, 0.25) is 0 Å². The number of carbonyl (C=O) groups is 3. The molecule has 4 heterocycles. The lowest BCUT2D eigenvalue weighted by molar-refractivity contribution is -1.01.